The summed E-state index contributed by atoms with van der Waals surface area (Å²) in [6.07, 6.45) is 1.04. The van der Waals surface area contributed by atoms with Crippen LogP contribution in [0.25, 0.3) is 0 Å². The van der Waals surface area contributed by atoms with Gasteiger partial charge in [0.25, 0.3) is 0 Å². The van der Waals surface area contributed by atoms with Crippen molar-refractivity contribution in [2.75, 3.05) is 17.7 Å². The summed E-state index contributed by atoms with van der Waals surface area (Å²) < 4.78 is 31.2. The van der Waals surface area contributed by atoms with E-state index in [1.807, 2.05) is 0 Å². The Balaban J connectivity index is 2.01. The molecule has 0 amide bonds. The van der Waals surface area contributed by atoms with E-state index in [1.54, 1.807) is 12.1 Å². The fourth-order valence-corrected chi connectivity index (χ4v) is 2.45. The molecule has 0 saturated carbocycles. The lowest BCUT2D eigenvalue weighted by Gasteiger charge is -2.12. The van der Waals surface area contributed by atoms with Crippen LogP contribution in [0.2, 0.25) is 0 Å². The SMILES string of the molecule is COC(=O)c1ccccc1Nc1ncnc(Nc2ccc(F)c(F)c2)c1[N+](=O)[O-]. The highest BCUT2D eigenvalue weighted by atomic mass is 19.2. The van der Waals surface area contributed by atoms with Gasteiger partial charge in [0.05, 0.1) is 23.3 Å². The van der Waals surface area contributed by atoms with Crippen LogP contribution in [0.3, 0.4) is 0 Å². The number of carbonyl (C=O) groups excluding carboxylic acids is 1. The van der Waals surface area contributed by atoms with Crippen molar-refractivity contribution < 1.29 is 23.2 Å². The second kappa shape index (κ2) is 8.25. The Morgan fingerprint density at radius 3 is 2.41 bits per heavy atom. The number of ether oxygens (including phenoxy) is 1. The summed E-state index contributed by atoms with van der Waals surface area (Å²) in [6, 6.07) is 9.10. The fraction of sp³-hybridized carbons (Fsp3) is 0.0556. The van der Waals surface area contributed by atoms with Crippen molar-refractivity contribution in [1.29, 1.82) is 0 Å². The maximum absolute atomic E-state index is 13.4. The number of carbonyl (C=O) groups is 1. The van der Waals surface area contributed by atoms with Crippen LogP contribution >= 0.6 is 0 Å². The van der Waals surface area contributed by atoms with Gasteiger partial charge in [-0.25, -0.2) is 23.5 Å². The monoisotopic (exact) mass is 401 g/mol. The van der Waals surface area contributed by atoms with E-state index in [-0.39, 0.29) is 28.6 Å². The quantitative estimate of drug-likeness (QED) is 0.362. The van der Waals surface area contributed by atoms with Crippen molar-refractivity contribution in [1.82, 2.24) is 9.97 Å². The molecular weight excluding hydrogens is 388 g/mol. The normalized spacial score (nSPS) is 10.3. The van der Waals surface area contributed by atoms with Gasteiger partial charge in [0.2, 0.25) is 11.6 Å². The number of rotatable bonds is 6. The molecule has 0 unspecified atom stereocenters. The van der Waals surface area contributed by atoms with Crippen LogP contribution < -0.4 is 10.6 Å². The van der Waals surface area contributed by atoms with Crippen LogP contribution in [-0.2, 0) is 4.74 Å². The second-order valence-corrected chi connectivity index (χ2v) is 5.59. The molecule has 0 spiro atoms. The van der Waals surface area contributed by atoms with Gasteiger partial charge in [-0.15, -0.1) is 0 Å². The number of esters is 1. The molecule has 1 aromatic heterocycles. The third-order valence-corrected chi connectivity index (χ3v) is 3.77. The molecule has 2 aromatic carbocycles. The first-order valence-corrected chi connectivity index (χ1v) is 8.06. The molecule has 0 atom stereocenters. The second-order valence-electron chi connectivity index (χ2n) is 5.59. The summed E-state index contributed by atoms with van der Waals surface area (Å²) in [5, 5.41) is 16.9. The van der Waals surface area contributed by atoms with Gasteiger partial charge in [-0.1, -0.05) is 12.1 Å². The van der Waals surface area contributed by atoms with Crippen LogP contribution in [0, 0.1) is 21.7 Å². The molecule has 0 bridgehead atoms. The number of nitro groups is 1. The van der Waals surface area contributed by atoms with Crippen LogP contribution in [-0.4, -0.2) is 28.0 Å². The number of methoxy groups -OCH3 is 1. The lowest BCUT2D eigenvalue weighted by molar-refractivity contribution is -0.383. The molecule has 0 fully saturated rings. The summed E-state index contributed by atoms with van der Waals surface area (Å²) >= 11 is 0. The van der Waals surface area contributed by atoms with Crippen molar-refractivity contribution in [2.24, 2.45) is 0 Å². The van der Waals surface area contributed by atoms with Crippen molar-refractivity contribution in [3.05, 3.63) is 76.1 Å². The minimum absolute atomic E-state index is 0.0478. The highest BCUT2D eigenvalue weighted by Crippen LogP contribution is 2.34. The van der Waals surface area contributed by atoms with E-state index >= 15 is 0 Å². The van der Waals surface area contributed by atoms with Crippen LogP contribution in [0.15, 0.2) is 48.8 Å². The molecule has 29 heavy (non-hydrogen) atoms. The maximum Gasteiger partial charge on any atom is 0.353 e. The zero-order valence-corrected chi connectivity index (χ0v) is 14.8. The van der Waals surface area contributed by atoms with Gasteiger partial charge in [-0.2, -0.15) is 0 Å². The lowest BCUT2D eigenvalue weighted by atomic mass is 10.2. The van der Waals surface area contributed by atoms with Crippen molar-refractivity contribution in [2.45, 2.75) is 0 Å². The molecule has 0 radical (unpaired) electrons. The topological polar surface area (TPSA) is 119 Å². The highest BCUT2D eigenvalue weighted by Gasteiger charge is 2.25. The smallest absolute Gasteiger partial charge is 0.353 e. The van der Waals surface area contributed by atoms with E-state index in [9.17, 15) is 23.7 Å². The third-order valence-electron chi connectivity index (χ3n) is 3.77. The Hall–Kier alpha value is -4.15. The summed E-state index contributed by atoms with van der Waals surface area (Å²) in [5.74, 6) is -3.31. The first kappa shape index (κ1) is 19.6. The molecule has 1 heterocycles. The molecule has 3 rings (SSSR count). The van der Waals surface area contributed by atoms with Crippen molar-refractivity contribution >= 4 is 34.7 Å². The maximum atomic E-state index is 13.4. The van der Waals surface area contributed by atoms with Gasteiger partial charge in [0.15, 0.2) is 11.6 Å². The molecule has 0 aliphatic rings. The van der Waals surface area contributed by atoms with E-state index in [0.29, 0.717) is 0 Å². The Morgan fingerprint density at radius 1 is 1.07 bits per heavy atom. The van der Waals surface area contributed by atoms with E-state index in [1.165, 1.54) is 25.3 Å². The molecule has 0 aliphatic heterocycles. The average molecular weight is 401 g/mol. The molecule has 2 N–H and O–H groups in total. The van der Waals surface area contributed by atoms with Crippen LogP contribution in [0.1, 0.15) is 10.4 Å². The summed E-state index contributed by atoms with van der Waals surface area (Å²) in [5.41, 5.74) is -0.151. The number of aromatic nitrogens is 2. The van der Waals surface area contributed by atoms with Crippen LogP contribution in [0.5, 0.6) is 0 Å². The van der Waals surface area contributed by atoms with Crippen molar-refractivity contribution in [3.63, 3.8) is 0 Å². The number of hydrogen-bond donors (Lipinski definition) is 2. The standard InChI is InChI=1S/C18H13F2N5O4/c1-29-18(26)11-4-2-3-5-14(11)24-17-15(25(27)28)16(21-9-22-17)23-10-6-7-12(19)13(20)8-10/h2-9H,1H3,(H2,21,22,23,24). The largest absolute Gasteiger partial charge is 0.465 e. The van der Waals surface area contributed by atoms with Gasteiger partial charge >= 0.3 is 11.7 Å². The fourth-order valence-electron chi connectivity index (χ4n) is 2.45. The van der Waals surface area contributed by atoms with Crippen molar-refractivity contribution in [3.8, 4) is 0 Å². The highest BCUT2D eigenvalue weighted by molar-refractivity contribution is 5.96. The number of benzene rings is 2. The molecule has 9 nitrogen and oxygen atoms in total. The molecule has 148 valence electrons. The van der Waals surface area contributed by atoms with Crippen LogP contribution in [0.4, 0.5) is 37.5 Å². The zero-order valence-electron chi connectivity index (χ0n) is 14.8. The number of anilines is 4. The first-order chi connectivity index (χ1) is 13.9. The number of para-hydroxylation sites is 1. The molecule has 3 aromatic rings. The van der Waals surface area contributed by atoms with Gasteiger partial charge in [-0.05, 0) is 24.3 Å². The number of nitrogens with zero attached hydrogens (tertiary/aromatic N) is 3. The summed E-state index contributed by atoms with van der Waals surface area (Å²) in [7, 11) is 1.20. The first-order valence-electron chi connectivity index (χ1n) is 8.06. The third kappa shape index (κ3) is 4.24. The average Bonchev–Trinajstić information content (AvgIpc) is 2.70. The Kier molecular flexibility index (Phi) is 5.58. The number of hydrogen-bond acceptors (Lipinski definition) is 8. The minimum atomic E-state index is -1.13. The Morgan fingerprint density at radius 2 is 1.76 bits per heavy atom. The molecule has 0 aliphatic carbocycles. The summed E-state index contributed by atoms with van der Waals surface area (Å²) in [6.45, 7) is 0. The molecule has 0 saturated heterocycles. The number of nitrogens with one attached hydrogen (secondary N) is 2. The van der Waals surface area contributed by atoms with Gasteiger partial charge in [0.1, 0.15) is 6.33 Å². The van der Waals surface area contributed by atoms with Gasteiger partial charge in [-0.3, -0.25) is 10.1 Å². The molecule has 11 heteroatoms. The van der Waals surface area contributed by atoms with Gasteiger partial charge in [0, 0.05) is 11.8 Å². The Labute approximate surface area is 162 Å². The lowest BCUT2D eigenvalue weighted by Crippen LogP contribution is -2.09. The predicted octanol–water partition coefficient (Wildman–Crippen LogP) is 3.94. The van der Waals surface area contributed by atoms with Gasteiger partial charge < -0.3 is 15.4 Å². The summed E-state index contributed by atoms with van der Waals surface area (Å²) in [4.78, 5) is 30.5. The molecular formula is C18H13F2N5O4. The van der Waals surface area contributed by atoms with E-state index in [4.69, 9.17) is 4.74 Å². The predicted molar refractivity (Wildman–Crippen MR) is 99.4 cm³/mol. The Bertz CT molecular complexity index is 1090. The van der Waals surface area contributed by atoms with E-state index in [0.717, 1.165) is 18.5 Å². The van der Waals surface area contributed by atoms with E-state index in [2.05, 4.69) is 20.6 Å². The van der Waals surface area contributed by atoms with E-state index < -0.39 is 28.2 Å². The minimum Gasteiger partial charge on any atom is -0.465 e. The zero-order chi connectivity index (χ0) is 21.0. The number of halogens is 2.